The Labute approximate surface area is 196 Å². The maximum Gasteiger partial charge on any atom is 0.393 e. The number of halogens is 3. The van der Waals surface area contributed by atoms with E-state index >= 15 is 0 Å². The van der Waals surface area contributed by atoms with Gasteiger partial charge in [-0.05, 0) is 49.6 Å². The van der Waals surface area contributed by atoms with Crippen LogP contribution in [0.2, 0.25) is 0 Å². The van der Waals surface area contributed by atoms with Crippen LogP contribution in [0.15, 0.2) is 54.7 Å². The summed E-state index contributed by atoms with van der Waals surface area (Å²) in [7, 11) is 0. The van der Waals surface area contributed by atoms with Crippen LogP contribution in [-0.2, 0) is 17.7 Å². The van der Waals surface area contributed by atoms with Crippen molar-refractivity contribution in [1.82, 2.24) is 14.9 Å². The van der Waals surface area contributed by atoms with Gasteiger partial charge >= 0.3 is 6.18 Å². The smallest absolute Gasteiger partial charge is 0.393 e. The quantitative estimate of drug-likeness (QED) is 0.467. The van der Waals surface area contributed by atoms with E-state index in [2.05, 4.69) is 16.5 Å². The van der Waals surface area contributed by atoms with Gasteiger partial charge in [0, 0.05) is 37.1 Å². The predicted molar refractivity (Wildman–Crippen MR) is 125 cm³/mol. The fraction of sp³-hybridized carbons (Fsp3) is 0.400. The van der Waals surface area contributed by atoms with Gasteiger partial charge in [-0.15, -0.1) is 0 Å². The number of hydrogen-bond donors (Lipinski definition) is 2. The highest BCUT2D eigenvalue weighted by Crippen LogP contribution is 2.32. The van der Waals surface area contributed by atoms with Crippen molar-refractivity contribution in [3.63, 3.8) is 0 Å². The van der Waals surface area contributed by atoms with E-state index in [0.29, 0.717) is 37.0 Å². The second-order valence-electron chi connectivity index (χ2n) is 8.61. The average molecular weight is 475 g/mol. The predicted octanol–water partition coefficient (Wildman–Crippen LogP) is 5.24. The summed E-state index contributed by atoms with van der Waals surface area (Å²) in [5, 5.41) is 3.36. The van der Waals surface area contributed by atoms with E-state index in [9.17, 15) is 13.2 Å². The summed E-state index contributed by atoms with van der Waals surface area (Å²) in [6.45, 7) is 7.65. The Balaban J connectivity index is 1.60. The van der Waals surface area contributed by atoms with Crippen LogP contribution >= 0.6 is 0 Å². The lowest BCUT2D eigenvalue weighted by atomic mass is 10.1. The fourth-order valence-electron chi connectivity index (χ4n) is 4.08. The number of aromatic nitrogens is 2. The molecule has 182 valence electrons. The molecule has 9 heteroatoms. The van der Waals surface area contributed by atoms with Crippen molar-refractivity contribution in [1.29, 1.82) is 0 Å². The molecule has 3 aromatic rings. The third kappa shape index (κ3) is 5.90. The SMILES string of the molecule is C=C(N)[C@H](C)NCc1nc2ccc(Oc3ccc(CC(F)(F)F)cc3)cc2n1C1CCOCC1. The van der Waals surface area contributed by atoms with Gasteiger partial charge in [-0.25, -0.2) is 4.98 Å². The molecule has 6 nitrogen and oxygen atoms in total. The van der Waals surface area contributed by atoms with Crippen LogP contribution in [0.25, 0.3) is 11.0 Å². The first-order valence-electron chi connectivity index (χ1n) is 11.3. The van der Waals surface area contributed by atoms with Crippen LogP contribution < -0.4 is 15.8 Å². The lowest BCUT2D eigenvalue weighted by molar-refractivity contribution is -0.127. The molecule has 0 bridgehead atoms. The largest absolute Gasteiger partial charge is 0.457 e. The van der Waals surface area contributed by atoms with Gasteiger partial charge in [0.15, 0.2) is 0 Å². The number of rotatable bonds is 8. The molecule has 0 radical (unpaired) electrons. The first kappa shape index (κ1) is 24.1. The Kier molecular flexibility index (Phi) is 7.13. The highest BCUT2D eigenvalue weighted by molar-refractivity contribution is 5.78. The molecule has 34 heavy (non-hydrogen) atoms. The first-order valence-corrected chi connectivity index (χ1v) is 11.3. The highest BCUT2D eigenvalue weighted by Gasteiger charge is 2.27. The topological polar surface area (TPSA) is 74.3 Å². The maximum absolute atomic E-state index is 12.6. The standard InChI is InChI=1S/C25H29F3N4O2/c1-16(29)17(2)30-15-24-31-22-8-7-21(13-23(22)32(24)19-9-11-33-12-10-19)34-20-5-3-18(4-6-20)14-25(26,27)28/h3-8,13,17,19,30H,1,9-12,14-15,29H2,2H3/t17-/m0/s1. The van der Waals surface area contributed by atoms with Crippen LogP contribution in [0, 0.1) is 0 Å². The van der Waals surface area contributed by atoms with E-state index in [-0.39, 0.29) is 17.6 Å². The minimum atomic E-state index is -4.24. The molecular weight excluding hydrogens is 445 g/mol. The van der Waals surface area contributed by atoms with E-state index in [1.807, 2.05) is 25.1 Å². The molecule has 1 atom stereocenters. The summed E-state index contributed by atoms with van der Waals surface area (Å²) in [5.41, 5.74) is 8.35. The van der Waals surface area contributed by atoms with Crippen LogP contribution in [0.5, 0.6) is 11.5 Å². The zero-order valence-corrected chi connectivity index (χ0v) is 19.1. The van der Waals surface area contributed by atoms with Gasteiger partial charge in [0.1, 0.15) is 17.3 Å². The first-order chi connectivity index (χ1) is 16.2. The average Bonchev–Trinajstić information content (AvgIpc) is 3.16. The molecule has 2 aromatic carbocycles. The van der Waals surface area contributed by atoms with Crippen molar-refractivity contribution in [2.24, 2.45) is 5.73 Å². The van der Waals surface area contributed by atoms with Crippen molar-refractivity contribution >= 4 is 11.0 Å². The summed E-state index contributed by atoms with van der Waals surface area (Å²) in [6, 6.07) is 11.8. The Morgan fingerprint density at radius 2 is 1.88 bits per heavy atom. The van der Waals surface area contributed by atoms with Crippen molar-refractivity contribution in [3.8, 4) is 11.5 Å². The van der Waals surface area contributed by atoms with Gasteiger partial charge in [-0.3, -0.25) is 0 Å². The molecule has 2 heterocycles. The molecule has 1 aliphatic rings. The highest BCUT2D eigenvalue weighted by atomic mass is 19.4. The Morgan fingerprint density at radius 1 is 1.21 bits per heavy atom. The van der Waals surface area contributed by atoms with Gasteiger partial charge in [0.05, 0.1) is 24.0 Å². The van der Waals surface area contributed by atoms with Gasteiger partial charge in [0.25, 0.3) is 0 Å². The third-order valence-electron chi connectivity index (χ3n) is 5.98. The number of nitrogens with one attached hydrogen (secondary N) is 1. The number of nitrogens with zero attached hydrogens (tertiary/aromatic N) is 2. The van der Waals surface area contributed by atoms with Gasteiger partial charge in [0.2, 0.25) is 0 Å². The van der Waals surface area contributed by atoms with Crippen LogP contribution in [-0.4, -0.2) is 35.0 Å². The van der Waals surface area contributed by atoms with Gasteiger partial charge in [-0.1, -0.05) is 18.7 Å². The number of hydrogen-bond acceptors (Lipinski definition) is 5. The molecule has 4 rings (SSSR count). The number of ether oxygens (including phenoxy) is 2. The molecule has 0 amide bonds. The second kappa shape index (κ2) is 10.1. The number of benzene rings is 2. The minimum absolute atomic E-state index is 0.0536. The molecular formula is C25H29F3N4O2. The number of fused-ring (bicyclic) bond motifs is 1. The van der Waals surface area contributed by atoms with Crippen LogP contribution in [0.4, 0.5) is 13.2 Å². The Bertz CT molecular complexity index is 1140. The normalized spacial score (nSPS) is 16.0. The lowest BCUT2D eigenvalue weighted by Crippen LogP contribution is -2.32. The van der Waals surface area contributed by atoms with Crippen LogP contribution in [0.3, 0.4) is 0 Å². The van der Waals surface area contributed by atoms with Gasteiger partial charge in [-0.2, -0.15) is 13.2 Å². The van der Waals surface area contributed by atoms with Crippen molar-refractivity contribution < 1.29 is 22.6 Å². The molecule has 0 aliphatic carbocycles. The second-order valence-corrected chi connectivity index (χ2v) is 8.61. The lowest BCUT2D eigenvalue weighted by Gasteiger charge is -2.26. The van der Waals surface area contributed by atoms with E-state index < -0.39 is 12.6 Å². The fourth-order valence-corrected chi connectivity index (χ4v) is 4.08. The van der Waals surface area contributed by atoms with Crippen molar-refractivity contribution in [2.75, 3.05) is 13.2 Å². The summed E-state index contributed by atoms with van der Waals surface area (Å²) in [5.74, 6) is 1.95. The molecule has 0 saturated carbocycles. The Hall–Kier alpha value is -3.04. The molecule has 0 unspecified atom stereocenters. The van der Waals surface area contributed by atoms with E-state index in [1.54, 1.807) is 12.1 Å². The minimum Gasteiger partial charge on any atom is -0.457 e. The monoisotopic (exact) mass is 474 g/mol. The van der Waals surface area contributed by atoms with E-state index in [0.717, 1.165) is 29.7 Å². The van der Waals surface area contributed by atoms with E-state index in [4.69, 9.17) is 20.2 Å². The molecule has 1 aliphatic heterocycles. The molecule has 3 N–H and O–H groups in total. The Morgan fingerprint density at radius 3 is 2.53 bits per heavy atom. The van der Waals surface area contributed by atoms with E-state index in [1.165, 1.54) is 12.1 Å². The molecule has 1 fully saturated rings. The van der Waals surface area contributed by atoms with Gasteiger partial charge < -0.3 is 25.1 Å². The van der Waals surface area contributed by atoms with Crippen molar-refractivity contribution in [3.05, 3.63) is 66.1 Å². The number of alkyl halides is 3. The zero-order valence-electron chi connectivity index (χ0n) is 19.1. The van der Waals surface area contributed by atoms with Crippen LogP contribution in [0.1, 0.15) is 37.2 Å². The maximum atomic E-state index is 12.6. The number of nitrogens with two attached hydrogens (primary N) is 1. The molecule has 1 saturated heterocycles. The summed E-state index contributed by atoms with van der Waals surface area (Å²) in [4.78, 5) is 4.84. The summed E-state index contributed by atoms with van der Waals surface area (Å²) < 4.78 is 51.6. The van der Waals surface area contributed by atoms with Crippen molar-refractivity contribution in [2.45, 2.75) is 51.0 Å². The summed E-state index contributed by atoms with van der Waals surface area (Å²) >= 11 is 0. The zero-order chi connectivity index (χ0) is 24.3. The summed E-state index contributed by atoms with van der Waals surface area (Å²) in [6.07, 6.45) is -3.44. The molecule has 0 spiro atoms. The number of imidazole rings is 1. The third-order valence-corrected chi connectivity index (χ3v) is 5.98. The molecule has 1 aromatic heterocycles.